The van der Waals surface area contributed by atoms with Crippen LogP contribution in [0, 0.1) is 6.92 Å². The molecule has 0 atom stereocenters. The molecule has 0 saturated heterocycles. The first-order valence-electron chi connectivity index (χ1n) is 6.03. The van der Waals surface area contributed by atoms with Crippen molar-refractivity contribution in [2.24, 2.45) is 0 Å². The highest BCUT2D eigenvalue weighted by atomic mass is 32.1. The molecule has 0 fully saturated rings. The summed E-state index contributed by atoms with van der Waals surface area (Å²) in [6.07, 6.45) is 1.03. The molecule has 0 saturated carbocycles. The number of nitrogens with one attached hydrogen (secondary N) is 1. The summed E-state index contributed by atoms with van der Waals surface area (Å²) in [5.41, 5.74) is 0.643. The van der Waals surface area contributed by atoms with E-state index < -0.39 is 0 Å². The molecule has 0 aliphatic heterocycles. The Kier molecular flexibility index (Phi) is 6.27. The summed E-state index contributed by atoms with van der Waals surface area (Å²) in [7, 11) is 1.34. The minimum Gasteiger partial charge on any atom is -0.466 e. The smallest absolute Gasteiger partial charge is 0.350 e. The van der Waals surface area contributed by atoms with Gasteiger partial charge in [-0.15, -0.1) is 0 Å². The van der Waals surface area contributed by atoms with Crippen LogP contribution in [0.3, 0.4) is 0 Å². The lowest BCUT2D eigenvalue weighted by Gasteiger charge is -2.02. The Bertz CT molecular complexity index is 445. The van der Waals surface area contributed by atoms with Crippen LogP contribution in [0.2, 0.25) is 0 Å². The van der Waals surface area contributed by atoms with Gasteiger partial charge in [0.1, 0.15) is 4.88 Å². The normalized spacial score (nSPS) is 10.1. The molecule has 1 aromatic rings. The number of esters is 2. The third-order valence-corrected chi connectivity index (χ3v) is 3.40. The molecule has 0 spiro atoms. The van der Waals surface area contributed by atoms with Crippen molar-refractivity contribution >= 4 is 28.4 Å². The van der Waals surface area contributed by atoms with Gasteiger partial charge in [-0.3, -0.25) is 4.79 Å². The Morgan fingerprint density at radius 1 is 1.42 bits per heavy atom. The monoisotopic (exact) mass is 286 g/mol. The molecule has 0 aromatic carbocycles. The molecular formula is C12H18N2O4S. The zero-order valence-electron chi connectivity index (χ0n) is 11.3. The Labute approximate surface area is 116 Å². The highest BCUT2D eigenvalue weighted by Gasteiger charge is 2.15. The lowest BCUT2D eigenvalue weighted by Crippen LogP contribution is -2.08. The van der Waals surface area contributed by atoms with E-state index in [1.54, 1.807) is 13.8 Å². The van der Waals surface area contributed by atoms with Crippen LogP contribution < -0.4 is 5.32 Å². The van der Waals surface area contributed by atoms with Gasteiger partial charge in [0, 0.05) is 13.0 Å². The first kappa shape index (κ1) is 15.4. The van der Waals surface area contributed by atoms with Crippen molar-refractivity contribution in [3.63, 3.8) is 0 Å². The molecule has 6 nitrogen and oxygen atoms in total. The molecule has 106 valence electrons. The Morgan fingerprint density at radius 2 is 2.16 bits per heavy atom. The molecule has 0 bridgehead atoms. The molecule has 0 aliphatic carbocycles. The summed E-state index contributed by atoms with van der Waals surface area (Å²) in [4.78, 5) is 27.2. The van der Waals surface area contributed by atoms with E-state index in [-0.39, 0.29) is 11.9 Å². The van der Waals surface area contributed by atoms with Crippen LogP contribution >= 0.6 is 11.3 Å². The van der Waals surface area contributed by atoms with Crippen LogP contribution in [-0.2, 0) is 14.3 Å². The average Bonchev–Trinajstić information content (AvgIpc) is 2.75. The zero-order chi connectivity index (χ0) is 14.3. The maximum Gasteiger partial charge on any atom is 0.350 e. The van der Waals surface area contributed by atoms with E-state index in [9.17, 15) is 9.59 Å². The van der Waals surface area contributed by atoms with Crippen molar-refractivity contribution in [1.82, 2.24) is 4.98 Å². The number of carbonyl (C=O) groups is 2. The molecular weight excluding hydrogens is 268 g/mol. The molecule has 0 radical (unpaired) electrons. The van der Waals surface area contributed by atoms with Crippen LogP contribution in [0.5, 0.6) is 0 Å². The number of hydrogen-bond donors (Lipinski definition) is 1. The predicted octanol–water partition coefficient (Wildman–Crippen LogP) is 1.99. The van der Waals surface area contributed by atoms with E-state index >= 15 is 0 Å². The molecule has 7 heteroatoms. The van der Waals surface area contributed by atoms with E-state index in [4.69, 9.17) is 4.74 Å². The minimum absolute atomic E-state index is 0.199. The second-order valence-corrected chi connectivity index (χ2v) is 4.76. The average molecular weight is 286 g/mol. The summed E-state index contributed by atoms with van der Waals surface area (Å²) in [6.45, 7) is 4.54. The number of carbonyl (C=O) groups excluding carboxylic acids is 2. The van der Waals surface area contributed by atoms with Crippen molar-refractivity contribution in [3.05, 3.63) is 10.6 Å². The first-order valence-corrected chi connectivity index (χ1v) is 6.85. The van der Waals surface area contributed by atoms with Gasteiger partial charge in [-0.25, -0.2) is 9.78 Å². The number of anilines is 1. The lowest BCUT2D eigenvalue weighted by molar-refractivity contribution is -0.143. The molecule has 19 heavy (non-hydrogen) atoms. The first-order chi connectivity index (χ1) is 9.08. The van der Waals surface area contributed by atoms with E-state index in [2.05, 4.69) is 15.0 Å². The van der Waals surface area contributed by atoms with Crippen LogP contribution in [0.25, 0.3) is 0 Å². The molecule has 0 unspecified atom stereocenters. The maximum absolute atomic E-state index is 11.4. The Balaban J connectivity index is 2.38. The van der Waals surface area contributed by atoms with E-state index in [1.807, 2.05) is 0 Å². The maximum atomic E-state index is 11.4. The fourth-order valence-corrected chi connectivity index (χ4v) is 2.33. The predicted molar refractivity (Wildman–Crippen MR) is 72.5 cm³/mol. The Morgan fingerprint density at radius 3 is 2.79 bits per heavy atom. The summed E-state index contributed by atoms with van der Waals surface area (Å²) >= 11 is 1.25. The molecule has 1 heterocycles. The highest BCUT2D eigenvalue weighted by Crippen LogP contribution is 2.23. The van der Waals surface area contributed by atoms with Gasteiger partial charge in [0.05, 0.1) is 19.4 Å². The van der Waals surface area contributed by atoms with E-state index in [0.29, 0.717) is 41.7 Å². The van der Waals surface area contributed by atoms with Gasteiger partial charge in [0.15, 0.2) is 5.13 Å². The molecule has 0 amide bonds. The highest BCUT2D eigenvalue weighted by molar-refractivity contribution is 7.17. The Hall–Kier alpha value is -1.63. The van der Waals surface area contributed by atoms with Crippen molar-refractivity contribution in [2.75, 3.05) is 25.6 Å². The van der Waals surface area contributed by atoms with Gasteiger partial charge in [0.2, 0.25) is 0 Å². The topological polar surface area (TPSA) is 77.5 Å². The summed E-state index contributed by atoms with van der Waals surface area (Å²) < 4.78 is 9.48. The SMILES string of the molecule is CCOC(=O)CCCNc1nc(C)c(C(=O)OC)s1. The van der Waals surface area contributed by atoms with E-state index in [0.717, 1.165) is 0 Å². The zero-order valence-corrected chi connectivity index (χ0v) is 12.1. The number of rotatable bonds is 7. The minimum atomic E-state index is -0.380. The molecule has 1 rings (SSSR count). The van der Waals surface area contributed by atoms with Gasteiger partial charge in [-0.05, 0) is 20.3 Å². The fourth-order valence-electron chi connectivity index (χ4n) is 1.42. The fraction of sp³-hybridized carbons (Fsp3) is 0.583. The summed E-state index contributed by atoms with van der Waals surface area (Å²) in [5, 5.41) is 3.73. The third-order valence-electron chi connectivity index (χ3n) is 2.31. The van der Waals surface area contributed by atoms with Crippen LogP contribution in [0.15, 0.2) is 0 Å². The van der Waals surface area contributed by atoms with Crippen LogP contribution in [-0.4, -0.2) is 37.2 Å². The standard InChI is InChI=1S/C12H18N2O4S/c1-4-18-9(15)6-5-7-13-12-14-8(2)10(19-12)11(16)17-3/h4-7H2,1-3H3,(H,13,14). The van der Waals surface area contributed by atoms with Gasteiger partial charge in [0.25, 0.3) is 0 Å². The molecule has 0 aliphatic rings. The van der Waals surface area contributed by atoms with E-state index in [1.165, 1.54) is 18.4 Å². The number of aromatic nitrogens is 1. The van der Waals surface area contributed by atoms with Crippen LogP contribution in [0.1, 0.15) is 35.1 Å². The molecule has 1 aromatic heterocycles. The summed E-state index contributed by atoms with van der Waals surface area (Å²) in [6, 6.07) is 0. The number of hydrogen-bond acceptors (Lipinski definition) is 7. The summed E-state index contributed by atoms with van der Waals surface area (Å²) in [5.74, 6) is -0.579. The number of aryl methyl sites for hydroxylation is 1. The van der Waals surface area contributed by atoms with Gasteiger partial charge in [-0.1, -0.05) is 11.3 Å². The van der Waals surface area contributed by atoms with Crippen LogP contribution in [0.4, 0.5) is 5.13 Å². The number of nitrogens with zero attached hydrogens (tertiary/aromatic N) is 1. The van der Waals surface area contributed by atoms with Gasteiger partial charge < -0.3 is 14.8 Å². The van der Waals surface area contributed by atoms with Gasteiger partial charge >= 0.3 is 11.9 Å². The number of methoxy groups -OCH3 is 1. The molecule has 1 N–H and O–H groups in total. The van der Waals surface area contributed by atoms with Crippen molar-refractivity contribution in [1.29, 1.82) is 0 Å². The number of thiazole rings is 1. The second kappa shape index (κ2) is 7.73. The van der Waals surface area contributed by atoms with Gasteiger partial charge in [-0.2, -0.15) is 0 Å². The number of ether oxygens (including phenoxy) is 2. The van der Waals surface area contributed by atoms with Crippen molar-refractivity contribution < 1.29 is 19.1 Å². The lowest BCUT2D eigenvalue weighted by atomic mass is 10.3. The quantitative estimate of drug-likeness (QED) is 0.610. The third kappa shape index (κ3) is 4.86. The largest absolute Gasteiger partial charge is 0.466 e. The van der Waals surface area contributed by atoms with Crippen molar-refractivity contribution in [2.45, 2.75) is 26.7 Å². The second-order valence-electron chi connectivity index (χ2n) is 3.76. The van der Waals surface area contributed by atoms with Crippen molar-refractivity contribution in [3.8, 4) is 0 Å².